The minimum Gasteiger partial charge on any atom is -0.398 e. The maximum absolute atomic E-state index is 13.1. The molecule has 1 amide bonds. The van der Waals surface area contributed by atoms with Gasteiger partial charge in [-0.05, 0) is 30.3 Å². The number of carbonyl (C=O) groups is 1. The van der Waals surface area contributed by atoms with Gasteiger partial charge in [-0.2, -0.15) is 0 Å². The summed E-state index contributed by atoms with van der Waals surface area (Å²) in [5.74, 6) is -1.39. The largest absolute Gasteiger partial charge is 0.398 e. The predicted octanol–water partition coefficient (Wildman–Crippen LogP) is 3.22. The van der Waals surface area contributed by atoms with Gasteiger partial charge in [-0.1, -0.05) is 11.6 Å². The summed E-state index contributed by atoms with van der Waals surface area (Å²) >= 11 is 5.67. The Hall–Kier alpha value is -2.67. The van der Waals surface area contributed by atoms with E-state index in [9.17, 15) is 19.3 Å². The number of nitrogens with two attached hydrogens (primary N) is 1. The van der Waals surface area contributed by atoms with E-state index >= 15 is 0 Å². The fraction of sp³-hybridized carbons (Fsp3) is 0. The number of nitro groups is 1. The van der Waals surface area contributed by atoms with Gasteiger partial charge in [0.15, 0.2) is 0 Å². The van der Waals surface area contributed by atoms with Crippen molar-refractivity contribution < 1.29 is 14.1 Å². The summed E-state index contributed by atoms with van der Waals surface area (Å²) in [5.41, 5.74) is 5.11. The first kappa shape index (κ1) is 14.7. The third-order valence-corrected chi connectivity index (χ3v) is 2.90. The molecule has 2 aromatic carbocycles. The Kier molecular flexibility index (Phi) is 4.04. The van der Waals surface area contributed by atoms with Crippen molar-refractivity contribution in [1.82, 2.24) is 0 Å². The second kappa shape index (κ2) is 5.76. The summed E-state index contributed by atoms with van der Waals surface area (Å²) in [6.07, 6.45) is 0. The average molecular weight is 310 g/mol. The number of rotatable bonds is 3. The minimum atomic E-state index is -0.752. The monoisotopic (exact) mass is 309 g/mol. The molecule has 8 heteroatoms. The van der Waals surface area contributed by atoms with E-state index in [0.717, 1.165) is 18.2 Å². The van der Waals surface area contributed by atoms with Crippen molar-refractivity contribution in [2.45, 2.75) is 0 Å². The van der Waals surface area contributed by atoms with Crippen LogP contribution in [0.25, 0.3) is 0 Å². The number of hydrogen-bond acceptors (Lipinski definition) is 4. The molecule has 2 rings (SSSR count). The summed E-state index contributed by atoms with van der Waals surface area (Å²) in [6.45, 7) is 0. The smallest absolute Gasteiger partial charge is 0.294 e. The highest BCUT2D eigenvalue weighted by atomic mass is 35.5. The van der Waals surface area contributed by atoms with Gasteiger partial charge in [-0.3, -0.25) is 14.9 Å². The Morgan fingerprint density at radius 3 is 2.67 bits per heavy atom. The lowest BCUT2D eigenvalue weighted by molar-refractivity contribution is -0.383. The van der Waals surface area contributed by atoms with Gasteiger partial charge in [0.2, 0.25) is 0 Å². The first-order valence-corrected chi connectivity index (χ1v) is 6.06. The van der Waals surface area contributed by atoms with E-state index in [4.69, 9.17) is 17.3 Å². The molecule has 2 aromatic rings. The standard InChI is InChI=1S/C13H9ClFN3O3/c14-7-1-4-11(12(5-7)18(20)21)17-13(19)9-6-8(15)2-3-10(9)16/h1-6H,16H2,(H,17,19). The van der Waals surface area contributed by atoms with Gasteiger partial charge in [0.25, 0.3) is 11.6 Å². The Morgan fingerprint density at radius 1 is 1.29 bits per heavy atom. The van der Waals surface area contributed by atoms with Gasteiger partial charge in [0, 0.05) is 16.8 Å². The summed E-state index contributed by atoms with van der Waals surface area (Å²) in [6, 6.07) is 7.07. The molecule has 6 nitrogen and oxygen atoms in total. The molecule has 0 radical (unpaired) electrons. The van der Waals surface area contributed by atoms with Gasteiger partial charge < -0.3 is 11.1 Å². The molecule has 0 bridgehead atoms. The molecule has 3 N–H and O–H groups in total. The molecule has 0 aliphatic rings. The van der Waals surface area contributed by atoms with Crippen LogP contribution in [0.2, 0.25) is 5.02 Å². The molecule has 0 aromatic heterocycles. The number of nitrogens with one attached hydrogen (secondary N) is 1. The van der Waals surface area contributed by atoms with E-state index in [1.807, 2.05) is 0 Å². The van der Waals surface area contributed by atoms with Crippen molar-refractivity contribution in [1.29, 1.82) is 0 Å². The van der Waals surface area contributed by atoms with Gasteiger partial charge in [-0.25, -0.2) is 4.39 Å². The maximum atomic E-state index is 13.1. The number of anilines is 2. The van der Waals surface area contributed by atoms with Crippen LogP contribution in [0.4, 0.5) is 21.5 Å². The highest BCUT2D eigenvalue weighted by Crippen LogP contribution is 2.28. The quantitative estimate of drug-likeness (QED) is 0.516. The van der Waals surface area contributed by atoms with Crippen LogP contribution in [-0.2, 0) is 0 Å². The number of halogens is 2. The number of nitrogens with zero attached hydrogens (tertiary/aromatic N) is 1. The first-order chi connectivity index (χ1) is 9.88. The summed E-state index contributed by atoms with van der Waals surface area (Å²) in [7, 11) is 0. The third-order valence-electron chi connectivity index (χ3n) is 2.66. The maximum Gasteiger partial charge on any atom is 0.294 e. The van der Waals surface area contributed by atoms with Crippen LogP contribution >= 0.6 is 11.6 Å². The fourth-order valence-corrected chi connectivity index (χ4v) is 1.84. The van der Waals surface area contributed by atoms with Crippen molar-refractivity contribution in [3.8, 4) is 0 Å². The number of benzene rings is 2. The van der Waals surface area contributed by atoms with Crippen LogP contribution in [0.5, 0.6) is 0 Å². The molecule has 0 atom stereocenters. The van der Waals surface area contributed by atoms with Crippen molar-refractivity contribution >= 4 is 34.6 Å². The van der Waals surface area contributed by atoms with E-state index in [1.165, 1.54) is 18.2 Å². The number of hydrogen-bond donors (Lipinski definition) is 2. The van der Waals surface area contributed by atoms with Gasteiger partial charge in [0.05, 0.1) is 10.5 Å². The molecular weight excluding hydrogens is 301 g/mol. The topological polar surface area (TPSA) is 98.3 Å². The lowest BCUT2D eigenvalue weighted by atomic mass is 10.1. The molecule has 0 saturated carbocycles. The van der Waals surface area contributed by atoms with E-state index in [-0.39, 0.29) is 27.6 Å². The van der Waals surface area contributed by atoms with Crippen molar-refractivity contribution in [3.63, 3.8) is 0 Å². The van der Waals surface area contributed by atoms with Crippen LogP contribution in [0, 0.1) is 15.9 Å². The lowest BCUT2D eigenvalue weighted by Crippen LogP contribution is -2.15. The molecule has 0 fully saturated rings. The molecule has 0 aliphatic heterocycles. The lowest BCUT2D eigenvalue weighted by Gasteiger charge is -2.08. The van der Waals surface area contributed by atoms with Crippen LogP contribution in [-0.4, -0.2) is 10.8 Å². The fourth-order valence-electron chi connectivity index (χ4n) is 1.68. The molecule has 108 valence electrons. The number of nitrogen functional groups attached to an aromatic ring is 1. The first-order valence-electron chi connectivity index (χ1n) is 5.69. The highest BCUT2D eigenvalue weighted by molar-refractivity contribution is 6.31. The second-order valence-electron chi connectivity index (χ2n) is 4.10. The number of amides is 1. The predicted molar refractivity (Wildman–Crippen MR) is 76.9 cm³/mol. The van der Waals surface area contributed by atoms with Crippen molar-refractivity contribution in [3.05, 3.63) is 62.9 Å². The zero-order chi connectivity index (χ0) is 15.6. The number of carbonyl (C=O) groups excluding carboxylic acids is 1. The summed E-state index contributed by atoms with van der Waals surface area (Å²) in [5, 5.41) is 13.4. The molecule has 0 spiro atoms. The number of nitro benzene ring substituents is 1. The molecule has 0 heterocycles. The summed E-state index contributed by atoms with van der Waals surface area (Å²) in [4.78, 5) is 22.3. The Morgan fingerprint density at radius 2 is 2.00 bits per heavy atom. The Labute approximate surface area is 123 Å². The normalized spacial score (nSPS) is 10.2. The summed E-state index contributed by atoms with van der Waals surface area (Å²) < 4.78 is 13.1. The van der Waals surface area contributed by atoms with E-state index < -0.39 is 16.6 Å². The minimum absolute atomic E-state index is 0.0574. The van der Waals surface area contributed by atoms with E-state index in [1.54, 1.807) is 0 Å². The zero-order valence-corrected chi connectivity index (χ0v) is 11.2. The third kappa shape index (κ3) is 3.26. The van der Waals surface area contributed by atoms with Crippen molar-refractivity contribution in [2.75, 3.05) is 11.1 Å². The molecule has 21 heavy (non-hydrogen) atoms. The van der Waals surface area contributed by atoms with Crippen LogP contribution < -0.4 is 11.1 Å². The Balaban J connectivity index is 2.36. The molecule has 0 saturated heterocycles. The SMILES string of the molecule is Nc1ccc(F)cc1C(=O)Nc1ccc(Cl)cc1[N+](=O)[O-]. The zero-order valence-electron chi connectivity index (χ0n) is 10.5. The highest BCUT2D eigenvalue weighted by Gasteiger charge is 2.18. The molecular formula is C13H9ClFN3O3. The van der Waals surface area contributed by atoms with Crippen LogP contribution in [0.3, 0.4) is 0 Å². The van der Waals surface area contributed by atoms with Crippen LogP contribution in [0.15, 0.2) is 36.4 Å². The Bertz CT molecular complexity index is 737. The average Bonchev–Trinajstić information content (AvgIpc) is 2.43. The molecule has 0 aliphatic carbocycles. The van der Waals surface area contributed by atoms with Gasteiger partial charge in [0.1, 0.15) is 11.5 Å². The van der Waals surface area contributed by atoms with Gasteiger partial charge in [-0.15, -0.1) is 0 Å². The van der Waals surface area contributed by atoms with Gasteiger partial charge >= 0.3 is 0 Å². The van der Waals surface area contributed by atoms with Crippen LogP contribution in [0.1, 0.15) is 10.4 Å². The molecule has 0 unspecified atom stereocenters. The second-order valence-corrected chi connectivity index (χ2v) is 4.54. The van der Waals surface area contributed by atoms with E-state index in [0.29, 0.717) is 0 Å². The van der Waals surface area contributed by atoms with E-state index in [2.05, 4.69) is 5.32 Å². The van der Waals surface area contributed by atoms with Crippen molar-refractivity contribution in [2.24, 2.45) is 0 Å².